The van der Waals surface area contributed by atoms with Gasteiger partial charge in [0.15, 0.2) is 0 Å². The quantitative estimate of drug-likeness (QED) is 0.754. The second kappa shape index (κ2) is 7.57. The minimum Gasteiger partial charge on any atom is -0.435 e. The molecule has 2 aromatic carbocycles. The highest BCUT2D eigenvalue weighted by atomic mass is 79.9. The van der Waals surface area contributed by atoms with E-state index in [0.717, 1.165) is 0 Å². The molecule has 4 nitrogen and oxygen atoms in total. The molecule has 0 aliphatic rings. The van der Waals surface area contributed by atoms with Crippen molar-refractivity contribution in [1.29, 1.82) is 0 Å². The van der Waals surface area contributed by atoms with Crippen LogP contribution in [0.4, 0.5) is 8.78 Å². The van der Waals surface area contributed by atoms with E-state index in [1.807, 2.05) is 0 Å². The van der Waals surface area contributed by atoms with Crippen LogP contribution >= 0.6 is 27.5 Å². The van der Waals surface area contributed by atoms with Crippen LogP contribution in [-0.4, -0.2) is 15.0 Å². The Morgan fingerprint density at radius 3 is 2.39 bits per heavy atom. The Kier molecular flexibility index (Phi) is 5.96. The molecule has 0 spiro atoms. The Labute approximate surface area is 145 Å². The van der Waals surface area contributed by atoms with Gasteiger partial charge in [0.2, 0.25) is 10.0 Å². The van der Waals surface area contributed by atoms with Gasteiger partial charge in [0.1, 0.15) is 10.6 Å². The Hall–Kier alpha value is -1.22. The van der Waals surface area contributed by atoms with Crippen molar-refractivity contribution >= 4 is 37.6 Å². The maximum Gasteiger partial charge on any atom is 0.387 e. The molecule has 0 aromatic heterocycles. The third kappa shape index (κ3) is 5.13. The van der Waals surface area contributed by atoms with Crippen molar-refractivity contribution in [3.8, 4) is 5.75 Å². The predicted octanol–water partition coefficient (Wildman–Crippen LogP) is 4.18. The Morgan fingerprint density at radius 2 is 1.83 bits per heavy atom. The Bertz CT molecular complexity index is 785. The fraction of sp³-hybridized carbons (Fsp3) is 0.143. The standard InChI is InChI=1S/C14H11BrClF2NO3S/c15-10-3-6-13(12(16)7-10)23(20,21)19-8-9-1-4-11(5-2-9)22-14(17)18/h1-7,14,19H,8H2. The first-order valence-corrected chi connectivity index (χ1v) is 8.92. The molecule has 2 rings (SSSR count). The number of ether oxygens (including phenoxy) is 1. The molecule has 0 heterocycles. The molecule has 2 aromatic rings. The van der Waals surface area contributed by atoms with Gasteiger partial charge < -0.3 is 4.74 Å². The summed E-state index contributed by atoms with van der Waals surface area (Å²) in [6.45, 7) is -2.91. The van der Waals surface area contributed by atoms with E-state index in [1.165, 1.54) is 36.4 Å². The second-order valence-electron chi connectivity index (χ2n) is 4.42. The molecule has 9 heteroatoms. The van der Waals surface area contributed by atoms with Crippen molar-refractivity contribution in [2.45, 2.75) is 18.1 Å². The lowest BCUT2D eigenvalue weighted by molar-refractivity contribution is -0.0498. The van der Waals surface area contributed by atoms with E-state index in [4.69, 9.17) is 11.6 Å². The highest BCUT2D eigenvalue weighted by Crippen LogP contribution is 2.25. The minimum absolute atomic E-state index is 0.00237. The molecule has 0 saturated heterocycles. The zero-order valence-electron chi connectivity index (χ0n) is 11.5. The maximum atomic E-state index is 12.2. The molecule has 0 saturated carbocycles. The molecular formula is C14H11BrClF2NO3S. The number of sulfonamides is 1. The van der Waals surface area contributed by atoms with Gasteiger partial charge in [-0.2, -0.15) is 8.78 Å². The van der Waals surface area contributed by atoms with Crippen molar-refractivity contribution < 1.29 is 21.9 Å². The van der Waals surface area contributed by atoms with Crippen LogP contribution in [0.25, 0.3) is 0 Å². The second-order valence-corrected chi connectivity index (χ2v) is 7.48. The number of hydrogen-bond acceptors (Lipinski definition) is 3. The van der Waals surface area contributed by atoms with Crippen LogP contribution in [0.5, 0.6) is 5.75 Å². The summed E-state index contributed by atoms with van der Waals surface area (Å²) in [4.78, 5) is -0.0416. The Balaban J connectivity index is 2.07. The van der Waals surface area contributed by atoms with Gasteiger partial charge in [-0.05, 0) is 35.9 Å². The van der Waals surface area contributed by atoms with Gasteiger partial charge in [-0.1, -0.05) is 39.7 Å². The average molecular weight is 427 g/mol. The van der Waals surface area contributed by atoms with E-state index in [2.05, 4.69) is 25.4 Å². The predicted molar refractivity (Wildman–Crippen MR) is 86.3 cm³/mol. The summed E-state index contributed by atoms with van der Waals surface area (Å²) >= 11 is 9.13. The van der Waals surface area contributed by atoms with Crippen LogP contribution in [0.1, 0.15) is 5.56 Å². The largest absolute Gasteiger partial charge is 0.435 e. The molecular weight excluding hydrogens is 416 g/mol. The molecule has 23 heavy (non-hydrogen) atoms. The van der Waals surface area contributed by atoms with Gasteiger partial charge in [0, 0.05) is 11.0 Å². The fourth-order valence-corrected chi connectivity index (χ4v) is 3.79. The van der Waals surface area contributed by atoms with Crippen molar-refractivity contribution in [3.63, 3.8) is 0 Å². The van der Waals surface area contributed by atoms with Gasteiger partial charge in [0.25, 0.3) is 0 Å². The molecule has 0 unspecified atom stereocenters. The molecule has 0 aliphatic heterocycles. The third-order valence-electron chi connectivity index (χ3n) is 2.80. The molecule has 0 amide bonds. The Morgan fingerprint density at radius 1 is 1.17 bits per heavy atom. The average Bonchev–Trinajstić information content (AvgIpc) is 2.45. The number of halogens is 4. The maximum absolute atomic E-state index is 12.2. The summed E-state index contributed by atoms with van der Waals surface area (Å²) in [6.07, 6.45) is 0. The topological polar surface area (TPSA) is 55.4 Å². The monoisotopic (exact) mass is 425 g/mol. The zero-order valence-corrected chi connectivity index (χ0v) is 14.6. The lowest BCUT2D eigenvalue weighted by Crippen LogP contribution is -2.23. The van der Waals surface area contributed by atoms with Crippen LogP contribution < -0.4 is 9.46 Å². The van der Waals surface area contributed by atoms with Crippen molar-refractivity contribution in [3.05, 3.63) is 57.5 Å². The number of hydrogen-bond donors (Lipinski definition) is 1. The zero-order chi connectivity index (χ0) is 17.0. The van der Waals surface area contributed by atoms with Gasteiger partial charge in [-0.25, -0.2) is 13.1 Å². The first kappa shape index (κ1) is 18.1. The van der Waals surface area contributed by atoms with Gasteiger partial charge >= 0.3 is 6.61 Å². The van der Waals surface area contributed by atoms with Crippen molar-refractivity contribution in [2.24, 2.45) is 0 Å². The van der Waals surface area contributed by atoms with Crippen LogP contribution in [-0.2, 0) is 16.6 Å². The number of alkyl halides is 2. The molecule has 0 atom stereocenters. The highest BCUT2D eigenvalue weighted by molar-refractivity contribution is 9.10. The van der Waals surface area contributed by atoms with E-state index in [0.29, 0.717) is 10.0 Å². The van der Waals surface area contributed by atoms with Crippen molar-refractivity contribution in [1.82, 2.24) is 4.72 Å². The first-order valence-electron chi connectivity index (χ1n) is 6.26. The summed E-state index contributed by atoms with van der Waals surface area (Å²) in [7, 11) is -3.79. The van der Waals surface area contributed by atoms with E-state index in [1.54, 1.807) is 6.07 Å². The van der Waals surface area contributed by atoms with Crippen LogP contribution in [0.3, 0.4) is 0 Å². The van der Waals surface area contributed by atoms with E-state index < -0.39 is 16.6 Å². The van der Waals surface area contributed by atoms with E-state index in [9.17, 15) is 17.2 Å². The van der Waals surface area contributed by atoms with Gasteiger partial charge in [-0.3, -0.25) is 0 Å². The minimum atomic E-state index is -3.79. The highest BCUT2D eigenvalue weighted by Gasteiger charge is 2.17. The van der Waals surface area contributed by atoms with Gasteiger partial charge in [-0.15, -0.1) is 0 Å². The molecule has 0 fully saturated rings. The summed E-state index contributed by atoms with van der Waals surface area (Å²) in [5, 5.41) is 0.0903. The smallest absolute Gasteiger partial charge is 0.387 e. The van der Waals surface area contributed by atoms with Gasteiger partial charge in [0.05, 0.1) is 5.02 Å². The molecule has 0 bridgehead atoms. The normalized spacial score (nSPS) is 11.7. The van der Waals surface area contributed by atoms with E-state index in [-0.39, 0.29) is 22.2 Å². The molecule has 124 valence electrons. The first-order chi connectivity index (χ1) is 10.8. The summed E-state index contributed by atoms with van der Waals surface area (Å²) < 4.78 is 55.8. The SMILES string of the molecule is O=S(=O)(NCc1ccc(OC(F)F)cc1)c1ccc(Br)cc1Cl. The van der Waals surface area contributed by atoms with Crippen molar-refractivity contribution in [2.75, 3.05) is 0 Å². The summed E-state index contributed by atoms with van der Waals surface area (Å²) in [6, 6.07) is 10.1. The van der Waals surface area contributed by atoms with Crippen LogP contribution in [0.2, 0.25) is 5.02 Å². The van der Waals surface area contributed by atoms with E-state index >= 15 is 0 Å². The third-order valence-corrected chi connectivity index (χ3v) is 5.18. The fourth-order valence-electron chi connectivity index (χ4n) is 1.74. The molecule has 0 aliphatic carbocycles. The van der Waals surface area contributed by atoms with Crippen LogP contribution in [0.15, 0.2) is 51.8 Å². The molecule has 1 N–H and O–H groups in total. The summed E-state index contributed by atoms with van der Waals surface area (Å²) in [5.74, 6) is 0.00237. The summed E-state index contributed by atoms with van der Waals surface area (Å²) in [5.41, 5.74) is 0.587. The number of nitrogens with one attached hydrogen (secondary N) is 1. The molecule has 0 radical (unpaired) electrons. The lowest BCUT2D eigenvalue weighted by atomic mass is 10.2. The van der Waals surface area contributed by atoms with Crippen LogP contribution in [0, 0.1) is 0 Å². The number of benzene rings is 2. The lowest BCUT2D eigenvalue weighted by Gasteiger charge is -2.09. The number of rotatable bonds is 6.